The Morgan fingerprint density at radius 2 is 1.83 bits per heavy atom. The van der Waals surface area contributed by atoms with Crippen LogP contribution in [0.1, 0.15) is 31.2 Å². The Balaban J connectivity index is 1.75. The Morgan fingerprint density at radius 3 is 2.59 bits per heavy atom. The molecule has 1 amide bonds. The summed E-state index contributed by atoms with van der Waals surface area (Å²) in [6.07, 6.45) is 4.99. The van der Waals surface area contributed by atoms with Crippen LogP contribution < -0.4 is 4.90 Å². The highest BCUT2D eigenvalue weighted by atomic mass is 16.2. The number of rotatable bonds is 3. The summed E-state index contributed by atoms with van der Waals surface area (Å²) >= 11 is 0. The van der Waals surface area contributed by atoms with Gasteiger partial charge in [0.15, 0.2) is 17.0 Å². The van der Waals surface area contributed by atoms with Gasteiger partial charge in [-0.2, -0.15) is 0 Å². The van der Waals surface area contributed by atoms with Gasteiger partial charge in [0.25, 0.3) is 0 Å². The van der Waals surface area contributed by atoms with Gasteiger partial charge in [-0.15, -0.1) is 0 Å². The maximum atomic E-state index is 13.1. The number of imidazole rings is 1. The highest BCUT2D eigenvalue weighted by molar-refractivity contribution is 6.12. The standard InChI is InChI=1S/C21H19N7O/c1-4-27-18(14-9-22-13(3)23-10-14)26-17-19(27)24-11-25-20(17)28-16-8-6-5-7-15(16)12(2)21(28)29/h5-12H,4H2,1-3H3. The minimum Gasteiger partial charge on any atom is -0.309 e. The smallest absolute Gasteiger partial charge is 0.240 e. The van der Waals surface area contributed by atoms with Crippen molar-refractivity contribution in [3.05, 3.63) is 54.4 Å². The lowest BCUT2D eigenvalue weighted by Crippen LogP contribution is -2.24. The molecule has 0 aliphatic carbocycles. The van der Waals surface area contributed by atoms with E-state index in [1.54, 1.807) is 17.3 Å². The molecule has 0 bridgehead atoms. The van der Waals surface area contributed by atoms with Crippen LogP contribution in [0.15, 0.2) is 43.0 Å². The van der Waals surface area contributed by atoms with E-state index in [1.807, 2.05) is 49.6 Å². The Kier molecular flexibility index (Phi) is 3.87. The Hall–Kier alpha value is -3.68. The third-order valence-electron chi connectivity index (χ3n) is 5.31. The number of amides is 1. The van der Waals surface area contributed by atoms with Crippen LogP contribution in [0.4, 0.5) is 11.5 Å². The Labute approximate surface area is 167 Å². The third kappa shape index (κ3) is 2.52. The number of aryl methyl sites for hydroxylation is 2. The highest BCUT2D eigenvalue weighted by Crippen LogP contribution is 2.42. The molecule has 0 saturated heterocycles. The van der Waals surface area contributed by atoms with E-state index < -0.39 is 0 Å². The van der Waals surface area contributed by atoms with Gasteiger partial charge < -0.3 is 4.57 Å². The summed E-state index contributed by atoms with van der Waals surface area (Å²) in [7, 11) is 0. The summed E-state index contributed by atoms with van der Waals surface area (Å²) in [5.74, 6) is 1.66. The molecule has 5 rings (SSSR count). The predicted molar refractivity (Wildman–Crippen MR) is 109 cm³/mol. The summed E-state index contributed by atoms with van der Waals surface area (Å²) < 4.78 is 1.99. The van der Waals surface area contributed by atoms with Gasteiger partial charge in [-0.1, -0.05) is 18.2 Å². The minimum atomic E-state index is -0.227. The second kappa shape index (κ2) is 6.44. The number of aromatic nitrogens is 6. The molecule has 144 valence electrons. The van der Waals surface area contributed by atoms with Crippen molar-refractivity contribution in [3.63, 3.8) is 0 Å². The van der Waals surface area contributed by atoms with Gasteiger partial charge in [-0.3, -0.25) is 9.69 Å². The van der Waals surface area contributed by atoms with Gasteiger partial charge in [0.1, 0.15) is 18.0 Å². The molecule has 0 radical (unpaired) electrons. The topological polar surface area (TPSA) is 89.7 Å². The van der Waals surface area contributed by atoms with Crippen molar-refractivity contribution in [1.29, 1.82) is 0 Å². The monoisotopic (exact) mass is 385 g/mol. The number of carbonyl (C=O) groups is 1. The van der Waals surface area contributed by atoms with Gasteiger partial charge >= 0.3 is 0 Å². The van der Waals surface area contributed by atoms with E-state index >= 15 is 0 Å². The van der Waals surface area contributed by atoms with E-state index in [1.165, 1.54) is 6.33 Å². The molecule has 29 heavy (non-hydrogen) atoms. The molecule has 1 atom stereocenters. The fourth-order valence-corrected chi connectivity index (χ4v) is 3.84. The molecule has 0 spiro atoms. The van der Waals surface area contributed by atoms with E-state index in [2.05, 4.69) is 19.9 Å². The predicted octanol–water partition coefficient (Wildman–Crippen LogP) is 3.39. The molecule has 0 saturated carbocycles. The first kappa shape index (κ1) is 17.4. The number of fused-ring (bicyclic) bond motifs is 2. The van der Waals surface area contributed by atoms with Crippen molar-refractivity contribution in [2.75, 3.05) is 4.90 Å². The third-order valence-corrected chi connectivity index (χ3v) is 5.31. The van der Waals surface area contributed by atoms with Crippen molar-refractivity contribution in [2.45, 2.75) is 33.2 Å². The van der Waals surface area contributed by atoms with E-state index in [-0.39, 0.29) is 11.8 Å². The number of nitrogens with zero attached hydrogens (tertiary/aromatic N) is 7. The summed E-state index contributed by atoms with van der Waals surface area (Å²) in [6, 6.07) is 7.80. The summed E-state index contributed by atoms with van der Waals surface area (Å²) in [4.78, 5) is 37.1. The lowest BCUT2D eigenvalue weighted by molar-refractivity contribution is -0.118. The van der Waals surface area contributed by atoms with Crippen molar-refractivity contribution in [2.24, 2.45) is 0 Å². The molecule has 3 aromatic heterocycles. The fraction of sp³-hybridized carbons (Fsp3) is 0.238. The number of hydrogen-bond acceptors (Lipinski definition) is 6. The molecule has 1 unspecified atom stereocenters. The number of benzene rings is 1. The van der Waals surface area contributed by atoms with Gasteiger partial charge in [0.2, 0.25) is 5.91 Å². The van der Waals surface area contributed by atoms with Crippen LogP contribution >= 0.6 is 0 Å². The zero-order valence-electron chi connectivity index (χ0n) is 16.4. The summed E-state index contributed by atoms with van der Waals surface area (Å²) in [5.41, 5.74) is 3.89. The van der Waals surface area contributed by atoms with Crippen LogP contribution in [0.25, 0.3) is 22.6 Å². The summed E-state index contributed by atoms with van der Waals surface area (Å²) in [6.45, 7) is 6.45. The van der Waals surface area contributed by atoms with Crippen LogP contribution in [0, 0.1) is 6.92 Å². The molecule has 4 aromatic rings. The quantitative estimate of drug-likeness (QED) is 0.537. The average molecular weight is 385 g/mol. The molecule has 0 N–H and O–H groups in total. The zero-order chi connectivity index (χ0) is 20.1. The minimum absolute atomic E-state index is 0.0162. The fourth-order valence-electron chi connectivity index (χ4n) is 3.84. The molecular formula is C21H19N7O. The van der Waals surface area contributed by atoms with Crippen molar-refractivity contribution < 1.29 is 4.79 Å². The Bertz CT molecular complexity index is 1250. The van der Waals surface area contributed by atoms with E-state index in [0.29, 0.717) is 35.2 Å². The van der Waals surface area contributed by atoms with E-state index in [4.69, 9.17) is 4.98 Å². The van der Waals surface area contributed by atoms with Crippen LogP contribution in [0.2, 0.25) is 0 Å². The van der Waals surface area contributed by atoms with Crippen LogP contribution in [-0.4, -0.2) is 35.4 Å². The zero-order valence-corrected chi connectivity index (χ0v) is 16.4. The summed E-state index contributed by atoms with van der Waals surface area (Å²) in [5, 5.41) is 0. The molecule has 1 aromatic carbocycles. The average Bonchev–Trinajstić information content (AvgIpc) is 3.24. The lowest BCUT2D eigenvalue weighted by atomic mass is 10.0. The SMILES string of the molecule is CCn1c(-c2cnc(C)nc2)nc2c(N3C(=O)C(C)c4ccccc43)ncnc21. The maximum Gasteiger partial charge on any atom is 0.240 e. The molecule has 1 aliphatic heterocycles. The molecule has 1 aliphatic rings. The van der Waals surface area contributed by atoms with Gasteiger partial charge in [-0.25, -0.2) is 24.9 Å². The largest absolute Gasteiger partial charge is 0.309 e. The van der Waals surface area contributed by atoms with Crippen molar-refractivity contribution >= 4 is 28.6 Å². The number of para-hydroxylation sites is 1. The molecular weight excluding hydrogens is 366 g/mol. The van der Waals surface area contributed by atoms with Crippen LogP contribution in [0.3, 0.4) is 0 Å². The maximum absolute atomic E-state index is 13.1. The first-order valence-corrected chi connectivity index (χ1v) is 9.53. The van der Waals surface area contributed by atoms with E-state index in [0.717, 1.165) is 16.8 Å². The second-order valence-corrected chi connectivity index (χ2v) is 7.02. The molecule has 4 heterocycles. The van der Waals surface area contributed by atoms with Gasteiger partial charge in [-0.05, 0) is 32.4 Å². The molecule has 8 heteroatoms. The number of anilines is 2. The van der Waals surface area contributed by atoms with Crippen LogP contribution in [0.5, 0.6) is 0 Å². The highest BCUT2D eigenvalue weighted by Gasteiger charge is 2.37. The number of carbonyl (C=O) groups excluding carboxylic acids is 1. The van der Waals surface area contributed by atoms with Crippen molar-refractivity contribution in [3.8, 4) is 11.4 Å². The molecule has 8 nitrogen and oxygen atoms in total. The first-order valence-electron chi connectivity index (χ1n) is 9.53. The first-order chi connectivity index (χ1) is 14.1. The van der Waals surface area contributed by atoms with Crippen molar-refractivity contribution in [1.82, 2.24) is 29.5 Å². The Morgan fingerprint density at radius 1 is 1.07 bits per heavy atom. The second-order valence-electron chi connectivity index (χ2n) is 7.02. The van der Waals surface area contributed by atoms with Gasteiger partial charge in [0, 0.05) is 18.9 Å². The van der Waals surface area contributed by atoms with Crippen LogP contribution in [-0.2, 0) is 11.3 Å². The number of hydrogen-bond donors (Lipinski definition) is 0. The normalized spacial score (nSPS) is 15.9. The lowest BCUT2D eigenvalue weighted by Gasteiger charge is -2.16. The molecule has 0 fully saturated rings. The van der Waals surface area contributed by atoms with Gasteiger partial charge in [0.05, 0.1) is 17.2 Å². The van der Waals surface area contributed by atoms with E-state index in [9.17, 15) is 4.79 Å².